The van der Waals surface area contributed by atoms with E-state index < -0.39 is 10.0 Å². The predicted molar refractivity (Wildman–Crippen MR) is 137 cm³/mol. The summed E-state index contributed by atoms with van der Waals surface area (Å²) < 4.78 is 28.3. The first kappa shape index (κ1) is 23.8. The fraction of sp³-hybridized carbons (Fsp3) is 0.296. The number of anilines is 2. The van der Waals surface area contributed by atoms with E-state index in [1.807, 2.05) is 17.9 Å². The largest absolute Gasteiger partial charge is 0.368 e. The molecule has 1 heterocycles. The van der Waals surface area contributed by atoms with E-state index in [2.05, 4.69) is 41.7 Å². The van der Waals surface area contributed by atoms with Gasteiger partial charge >= 0.3 is 0 Å². The van der Waals surface area contributed by atoms with Crippen LogP contribution in [0.5, 0.6) is 0 Å². The summed E-state index contributed by atoms with van der Waals surface area (Å²) in [5.74, 6) is -0.0375. The van der Waals surface area contributed by atoms with Crippen LogP contribution in [0.15, 0.2) is 65.6 Å². The number of hydrogen-bond donors (Lipinski definition) is 1. The van der Waals surface area contributed by atoms with Crippen molar-refractivity contribution in [2.75, 3.05) is 35.8 Å². The van der Waals surface area contributed by atoms with Crippen molar-refractivity contribution in [3.8, 4) is 0 Å². The van der Waals surface area contributed by atoms with Gasteiger partial charge in [-0.1, -0.05) is 24.3 Å². The summed E-state index contributed by atoms with van der Waals surface area (Å²) in [6, 6.07) is 18.3. The summed E-state index contributed by atoms with van der Waals surface area (Å²) in [6.07, 6.45) is 0. The topological polar surface area (TPSA) is 69.7 Å². The van der Waals surface area contributed by atoms with Gasteiger partial charge in [-0.05, 0) is 86.3 Å². The molecule has 0 bridgehead atoms. The number of carbonyl (C=O) groups excluding carboxylic acids is 1. The Morgan fingerprint density at radius 2 is 1.50 bits per heavy atom. The van der Waals surface area contributed by atoms with Crippen molar-refractivity contribution >= 4 is 27.3 Å². The molecule has 1 aliphatic heterocycles. The molecular formula is C27H31N3O3S. The van der Waals surface area contributed by atoms with Gasteiger partial charge in [-0.25, -0.2) is 8.42 Å². The lowest BCUT2D eigenvalue weighted by atomic mass is 10.1. The van der Waals surface area contributed by atoms with E-state index in [0.29, 0.717) is 29.9 Å². The van der Waals surface area contributed by atoms with E-state index in [9.17, 15) is 13.2 Å². The molecule has 0 atom stereocenters. The van der Waals surface area contributed by atoms with Crippen molar-refractivity contribution in [2.45, 2.75) is 32.6 Å². The van der Waals surface area contributed by atoms with Gasteiger partial charge in [-0.3, -0.25) is 9.52 Å². The highest BCUT2D eigenvalue weighted by molar-refractivity contribution is 7.92. The standard InChI is InChI=1S/C27H31N3O3S/c1-19-8-9-21(3)26(18-19)34(32,33)28-24-12-10-23(11-13-24)27(31)30-16-14-29(15-17-30)25-7-5-6-20(2)22(25)4/h5-13,18,28H,14-17H2,1-4H3. The maximum Gasteiger partial charge on any atom is 0.262 e. The summed E-state index contributed by atoms with van der Waals surface area (Å²) >= 11 is 0. The molecule has 0 saturated carbocycles. The van der Waals surface area contributed by atoms with E-state index in [0.717, 1.165) is 18.7 Å². The van der Waals surface area contributed by atoms with Gasteiger partial charge in [0.05, 0.1) is 4.90 Å². The summed E-state index contributed by atoms with van der Waals surface area (Å²) in [5.41, 5.74) is 6.32. The zero-order valence-electron chi connectivity index (χ0n) is 20.1. The van der Waals surface area contributed by atoms with E-state index in [4.69, 9.17) is 0 Å². The molecule has 3 aromatic rings. The Morgan fingerprint density at radius 3 is 2.18 bits per heavy atom. The normalized spacial score (nSPS) is 14.2. The molecule has 0 radical (unpaired) electrons. The van der Waals surface area contributed by atoms with Crippen LogP contribution >= 0.6 is 0 Å². The molecule has 0 aromatic heterocycles. The molecule has 3 aromatic carbocycles. The van der Waals surface area contributed by atoms with Crippen molar-refractivity contribution < 1.29 is 13.2 Å². The Balaban J connectivity index is 1.41. The third-order valence-corrected chi connectivity index (χ3v) is 8.02. The molecule has 1 N–H and O–H groups in total. The van der Waals surface area contributed by atoms with E-state index in [1.54, 1.807) is 43.3 Å². The summed E-state index contributed by atoms with van der Waals surface area (Å²) in [6.45, 7) is 10.7. The molecule has 0 spiro atoms. The van der Waals surface area contributed by atoms with Crippen molar-refractivity contribution in [1.29, 1.82) is 0 Å². The highest BCUT2D eigenvalue weighted by Gasteiger charge is 2.23. The van der Waals surface area contributed by atoms with Crippen LogP contribution in [-0.2, 0) is 10.0 Å². The lowest BCUT2D eigenvalue weighted by Gasteiger charge is -2.37. The Hall–Kier alpha value is -3.32. The molecule has 1 amide bonds. The third-order valence-electron chi connectivity index (χ3n) is 6.50. The molecule has 6 nitrogen and oxygen atoms in total. The molecular weight excluding hydrogens is 446 g/mol. The number of amides is 1. The number of hydrogen-bond acceptors (Lipinski definition) is 4. The molecule has 4 rings (SSSR count). The van der Waals surface area contributed by atoms with Crippen molar-refractivity contribution in [3.05, 3.63) is 88.5 Å². The van der Waals surface area contributed by atoms with Gasteiger partial charge in [-0.2, -0.15) is 0 Å². The number of benzene rings is 3. The average Bonchev–Trinajstić information content (AvgIpc) is 2.82. The quantitative estimate of drug-likeness (QED) is 0.579. The van der Waals surface area contributed by atoms with Gasteiger partial charge in [0.15, 0.2) is 0 Å². The molecule has 1 saturated heterocycles. The lowest BCUT2D eigenvalue weighted by Crippen LogP contribution is -2.49. The van der Waals surface area contributed by atoms with Gasteiger partial charge in [0.1, 0.15) is 0 Å². The van der Waals surface area contributed by atoms with Crippen LogP contribution < -0.4 is 9.62 Å². The molecule has 0 aliphatic carbocycles. The van der Waals surface area contributed by atoms with Crippen LogP contribution in [0.3, 0.4) is 0 Å². The van der Waals surface area contributed by atoms with E-state index in [1.165, 1.54) is 16.8 Å². The highest BCUT2D eigenvalue weighted by atomic mass is 32.2. The van der Waals surface area contributed by atoms with Crippen LogP contribution in [0.1, 0.15) is 32.6 Å². The maximum atomic E-state index is 13.0. The molecule has 7 heteroatoms. The van der Waals surface area contributed by atoms with Crippen LogP contribution in [0, 0.1) is 27.7 Å². The third kappa shape index (κ3) is 4.94. The molecule has 0 unspecified atom stereocenters. The monoisotopic (exact) mass is 477 g/mol. The second-order valence-electron chi connectivity index (χ2n) is 8.95. The number of rotatable bonds is 5. The Labute approximate surface area is 202 Å². The molecule has 34 heavy (non-hydrogen) atoms. The number of nitrogens with zero attached hydrogens (tertiary/aromatic N) is 2. The van der Waals surface area contributed by atoms with Crippen LogP contribution in [0.4, 0.5) is 11.4 Å². The fourth-order valence-corrected chi connectivity index (χ4v) is 5.69. The second-order valence-corrected chi connectivity index (χ2v) is 10.6. The SMILES string of the molecule is Cc1ccc(C)c(S(=O)(=O)Nc2ccc(C(=O)N3CCN(c4cccc(C)c4C)CC3)cc2)c1. The molecule has 178 valence electrons. The van der Waals surface area contributed by atoms with Gasteiger partial charge in [-0.15, -0.1) is 0 Å². The smallest absolute Gasteiger partial charge is 0.262 e. The number of piperazine rings is 1. The van der Waals surface area contributed by atoms with Crippen molar-refractivity contribution in [1.82, 2.24) is 4.90 Å². The van der Waals surface area contributed by atoms with Gasteiger partial charge in [0.25, 0.3) is 15.9 Å². The van der Waals surface area contributed by atoms with Crippen molar-refractivity contribution in [2.24, 2.45) is 0 Å². The summed E-state index contributed by atoms with van der Waals surface area (Å²) in [7, 11) is -3.71. The molecule has 1 aliphatic rings. The second kappa shape index (κ2) is 9.50. The van der Waals surface area contributed by atoms with Crippen LogP contribution in [0.2, 0.25) is 0 Å². The first-order chi connectivity index (χ1) is 16.2. The lowest BCUT2D eigenvalue weighted by molar-refractivity contribution is 0.0747. The zero-order chi connectivity index (χ0) is 24.5. The first-order valence-corrected chi connectivity index (χ1v) is 12.9. The average molecular weight is 478 g/mol. The number of sulfonamides is 1. The highest BCUT2D eigenvalue weighted by Crippen LogP contribution is 2.25. The Morgan fingerprint density at radius 1 is 0.824 bits per heavy atom. The predicted octanol–water partition coefficient (Wildman–Crippen LogP) is 4.68. The van der Waals surface area contributed by atoms with E-state index >= 15 is 0 Å². The van der Waals surface area contributed by atoms with Gasteiger partial charge in [0.2, 0.25) is 0 Å². The number of carbonyl (C=O) groups is 1. The summed E-state index contributed by atoms with van der Waals surface area (Å²) in [4.78, 5) is 17.5. The zero-order valence-corrected chi connectivity index (χ0v) is 20.9. The minimum atomic E-state index is -3.71. The minimum absolute atomic E-state index is 0.0375. The van der Waals surface area contributed by atoms with E-state index in [-0.39, 0.29) is 10.8 Å². The molecule has 1 fully saturated rings. The van der Waals surface area contributed by atoms with Crippen molar-refractivity contribution in [3.63, 3.8) is 0 Å². The minimum Gasteiger partial charge on any atom is -0.368 e. The number of nitrogens with one attached hydrogen (secondary N) is 1. The first-order valence-electron chi connectivity index (χ1n) is 11.5. The van der Waals surface area contributed by atoms with Gasteiger partial charge < -0.3 is 9.80 Å². The summed E-state index contributed by atoms with van der Waals surface area (Å²) in [5, 5.41) is 0. The fourth-order valence-electron chi connectivity index (χ4n) is 4.30. The van der Waals surface area contributed by atoms with Gasteiger partial charge in [0, 0.05) is 43.1 Å². The van der Waals surface area contributed by atoms with Crippen LogP contribution in [-0.4, -0.2) is 45.4 Å². The number of aryl methyl sites for hydroxylation is 3. The Kier molecular flexibility index (Phi) is 6.66. The Bertz CT molecular complexity index is 1310. The maximum absolute atomic E-state index is 13.0. The van der Waals surface area contributed by atoms with Crippen LogP contribution in [0.25, 0.3) is 0 Å².